The molecule has 0 aliphatic carbocycles. The lowest BCUT2D eigenvalue weighted by molar-refractivity contribution is -0.360. The summed E-state index contributed by atoms with van der Waals surface area (Å²) in [5, 5.41) is 2.18. The summed E-state index contributed by atoms with van der Waals surface area (Å²) in [5.74, 6) is -0.663. The normalized spacial score (nSPS) is 12.1. The van der Waals surface area contributed by atoms with Crippen molar-refractivity contribution in [2.75, 3.05) is 5.32 Å². The Morgan fingerprint density at radius 2 is 1.59 bits per heavy atom. The van der Waals surface area contributed by atoms with Crippen molar-refractivity contribution in [1.82, 2.24) is 0 Å². The summed E-state index contributed by atoms with van der Waals surface area (Å²) in [7, 11) is 0. The van der Waals surface area contributed by atoms with Crippen molar-refractivity contribution in [3.05, 3.63) is 24.3 Å². The molecule has 94 valence electrons. The highest BCUT2D eigenvalue weighted by molar-refractivity contribution is 5.71. The van der Waals surface area contributed by atoms with Crippen LogP contribution in [0.25, 0.3) is 0 Å². The first kappa shape index (κ1) is 13.2. The fraction of sp³-hybridized carbons (Fsp3) is 0.222. The topological polar surface area (TPSA) is 38.3 Å². The SMILES string of the molecule is O=CNc1ccc(OC(F)(F)C(F)(F)F)cc1. The van der Waals surface area contributed by atoms with Crippen LogP contribution in [0.5, 0.6) is 5.75 Å². The highest BCUT2D eigenvalue weighted by atomic mass is 19.4. The summed E-state index contributed by atoms with van der Waals surface area (Å²) in [6.07, 6.45) is -10.7. The van der Waals surface area contributed by atoms with Crippen molar-refractivity contribution in [3.8, 4) is 5.75 Å². The zero-order valence-electron chi connectivity index (χ0n) is 8.09. The molecule has 1 aromatic carbocycles. The van der Waals surface area contributed by atoms with Crippen LogP contribution in [0.1, 0.15) is 0 Å². The van der Waals surface area contributed by atoms with E-state index in [0.29, 0.717) is 6.41 Å². The molecule has 0 aliphatic rings. The number of carbonyl (C=O) groups excluding carboxylic acids is 1. The number of hydrogen-bond acceptors (Lipinski definition) is 2. The van der Waals surface area contributed by atoms with Crippen LogP contribution in [-0.2, 0) is 4.79 Å². The third-order valence-corrected chi connectivity index (χ3v) is 1.66. The van der Waals surface area contributed by atoms with Gasteiger partial charge in [0.15, 0.2) is 0 Å². The van der Waals surface area contributed by atoms with Gasteiger partial charge in [-0.15, -0.1) is 0 Å². The molecule has 1 N–H and O–H groups in total. The highest BCUT2D eigenvalue weighted by Crippen LogP contribution is 2.37. The van der Waals surface area contributed by atoms with Crippen molar-refractivity contribution < 1.29 is 31.5 Å². The van der Waals surface area contributed by atoms with E-state index in [9.17, 15) is 26.7 Å². The molecule has 3 nitrogen and oxygen atoms in total. The van der Waals surface area contributed by atoms with Gasteiger partial charge in [0.25, 0.3) is 0 Å². The Kier molecular flexibility index (Phi) is 3.54. The van der Waals surface area contributed by atoms with Gasteiger partial charge in [0.2, 0.25) is 6.41 Å². The molecule has 1 aromatic rings. The smallest absolute Gasteiger partial charge is 0.426 e. The summed E-state index contributed by atoms with van der Waals surface area (Å²) in [5.41, 5.74) is 0.239. The van der Waals surface area contributed by atoms with Crippen LogP contribution in [0.2, 0.25) is 0 Å². The van der Waals surface area contributed by atoms with Crippen molar-refractivity contribution in [1.29, 1.82) is 0 Å². The van der Waals surface area contributed by atoms with Crippen LogP contribution in [0.4, 0.5) is 27.6 Å². The average Bonchev–Trinajstić information content (AvgIpc) is 2.19. The average molecular weight is 255 g/mol. The zero-order valence-corrected chi connectivity index (χ0v) is 8.09. The quantitative estimate of drug-likeness (QED) is 0.663. The van der Waals surface area contributed by atoms with E-state index < -0.39 is 18.0 Å². The molecule has 0 heterocycles. The van der Waals surface area contributed by atoms with Crippen LogP contribution in [-0.4, -0.2) is 18.7 Å². The fourth-order valence-electron chi connectivity index (χ4n) is 0.893. The van der Waals surface area contributed by atoms with Gasteiger partial charge in [-0.1, -0.05) is 0 Å². The zero-order chi connectivity index (χ0) is 13.1. The molecule has 0 saturated carbocycles. The van der Waals surface area contributed by atoms with E-state index in [0.717, 1.165) is 24.3 Å². The Balaban J connectivity index is 2.79. The number of benzene rings is 1. The molecule has 0 fully saturated rings. The summed E-state index contributed by atoms with van der Waals surface area (Å²) in [6.45, 7) is 0. The number of ether oxygens (including phenoxy) is 1. The first-order chi connectivity index (χ1) is 7.76. The minimum atomic E-state index is -5.79. The van der Waals surface area contributed by atoms with Gasteiger partial charge in [-0.25, -0.2) is 0 Å². The highest BCUT2D eigenvalue weighted by Gasteiger charge is 2.61. The summed E-state index contributed by atoms with van der Waals surface area (Å²) in [6, 6.07) is 4.00. The van der Waals surface area contributed by atoms with Gasteiger partial charge < -0.3 is 10.1 Å². The second kappa shape index (κ2) is 4.56. The molecular weight excluding hydrogens is 249 g/mol. The van der Waals surface area contributed by atoms with Crippen LogP contribution >= 0.6 is 0 Å². The van der Waals surface area contributed by atoms with Gasteiger partial charge in [-0.05, 0) is 24.3 Å². The minimum Gasteiger partial charge on any atom is -0.426 e. The molecule has 0 radical (unpaired) electrons. The largest absolute Gasteiger partial charge is 0.499 e. The predicted octanol–water partition coefficient (Wildman–Crippen LogP) is 2.79. The Labute approximate surface area is 92.2 Å². The third-order valence-electron chi connectivity index (χ3n) is 1.66. The minimum absolute atomic E-state index is 0.239. The lowest BCUT2D eigenvalue weighted by Crippen LogP contribution is -2.41. The summed E-state index contributed by atoms with van der Waals surface area (Å²) >= 11 is 0. The molecule has 0 aromatic heterocycles. The maximum absolute atomic E-state index is 12.4. The molecular formula is C9H6F5NO2. The van der Waals surface area contributed by atoms with Crippen molar-refractivity contribution in [3.63, 3.8) is 0 Å². The van der Waals surface area contributed by atoms with Gasteiger partial charge in [-0.3, -0.25) is 4.79 Å². The number of amides is 1. The summed E-state index contributed by atoms with van der Waals surface area (Å²) < 4.78 is 63.8. The van der Waals surface area contributed by atoms with E-state index in [1.165, 1.54) is 0 Å². The van der Waals surface area contributed by atoms with E-state index in [2.05, 4.69) is 10.1 Å². The number of alkyl halides is 5. The number of rotatable bonds is 4. The second-order valence-corrected chi connectivity index (χ2v) is 2.90. The number of carbonyl (C=O) groups is 1. The lowest BCUT2D eigenvalue weighted by atomic mass is 10.3. The monoisotopic (exact) mass is 255 g/mol. The second-order valence-electron chi connectivity index (χ2n) is 2.90. The van der Waals surface area contributed by atoms with E-state index in [1.807, 2.05) is 0 Å². The molecule has 8 heteroatoms. The van der Waals surface area contributed by atoms with Gasteiger partial charge in [-0.2, -0.15) is 22.0 Å². The van der Waals surface area contributed by atoms with Crippen LogP contribution < -0.4 is 10.1 Å². The molecule has 0 spiro atoms. The van der Waals surface area contributed by atoms with Gasteiger partial charge in [0.05, 0.1) is 0 Å². The number of anilines is 1. The lowest BCUT2D eigenvalue weighted by Gasteiger charge is -2.20. The van der Waals surface area contributed by atoms with Crippen LogP contribution in [0.3, 0.4) is 0 Å². The molecule has 1 amide bonds. The van der Waals surface area contributed by atoms with Gasteiger partial charge in [0, 0.05) is 5.69 Å². The van der Waals surface area contributed by atoms with E-state index in [-0.39, 0.29) is 5.69 Å². The molecule has 17 heavy (non-hydrogen) atoms. The molecule has 0 saturated heterocycles. The number of nitrogens with one attached hydrogen (secondary N) is 1. The Hall–Kier alpha value is -1.86. The third kappa shape index (κ3) is 3.30. The Bertz CT molecular complexity index is 387. The van der Waals surface area contributed by atoms with Crippen molar-refractivity contribution in [2.24, 2.45) is 0 Å². The molecule has 0 aliphatic heterocycles. The standard InChI is InChI=1S/C9H6F5NO2/c10-8(11,12)9(13,14)17-7-3-1-6(2-4-7)15-5-16/h1-5H,(H,15,16). The molecule has 0 unspecified atom stereocenters. The molecule has 0 atom stereocenters. The number of hydrogen-bond donors (Lipinski definition) is 1. The van der Waals surface area contributed by atoms with Gasteiger partial charge in [0.1, 0.15) is 5.75 Å². The Morgan fingerprint density at radius 3 is 2.00 bits per heavy atom. The fourth-order valence-corrected chi connectivity index (χ4v) is 0.893. The maximum atomic E-state index is 12.4. The Morgan fingerprint density at radius 1 is 1.06 bits per heavy atom. The van der Waals surface area contributed by atoms with E-state index >= 15 is 0 Å². The first-order valence-corrected chi connectivity index (χ1v) is 4.20. The molecule has 0 bridgehead atoms. The first-order valence-electron chi connectivity index (χ1n) is 4.20. The molecule has 1 rings (SSSR count). The van der Waals surface area contributed by atoms with Crippen molar-refractivity contribution >= 4 is 12.1 Å². The van der Waals surface area contributed by atoms with Crippen LogP contribution in [0, 0.1) is 0 Å². The maximum Gasteiger partial charge on any atom is 0.499 e. The predicted molar refractivity (Wildman–Crippen MR) is 47.8 cm³/mol. The summed E-state index contributed by atoms with van der Waals surface area (Å²) in [4.78, 5) is 10.0. The number of halogens is 5. The van der Waals surface area contributed by atoms with Gasteiger partial charge >= 0.3 is 12.3 Å². The van der Waals surface area contributed by atoms with Crippen molar-refractivity contribution in [2.45, 2.75) is 12.3 Å². The van der Waals surface area contributed by atoms with E-state index in [1.54, 1.807) is 0 Å². The van der Waals surface area contributed by atoms with E-state index in [4.69, 9.17) is 0 Å². The van der Waals surface area contributed by atoms with Crippen LogP contribution in [0.15, 0.2) is 24.3 Å².